The first-order valence-electron chi connectivity index (χ1n) is 16.2. The molecule has 10 aromatic rings. The van der Waals surface area contributed by atoms with Gasteiger partial charge in [-0.05, 0) is 107 Å². The average molecular weight is 597 g/mol. The Kier molecular flexibility index (Phi) is 5.64. The summed E-state index contributed by atoms with van der Waals surface area (Å²) in [4.78, 5) is 0. The molecule has 10 rings (SSSR count). The molecule has 0 aliphatic carbocycles. The van der Waals surface area contributed by atoms with E-state index in [1.165, 1.54) is 82.0 Å². The largest absolute Gasteiger partial charge is 0.456 e. The smallest absolute Gasteiger partial charge is 0.136 e. The molecule has 0 aliphatic rings. The molecule has 1 nitrogen and oxygen atoms in total. The van der Waals surface area contributed by atoms with Gasteiger partial charge in [-0.1, -0.05) is 140 Å². The minimum absolute atomic E-state index is 0.925. The number of benzene rings is 9. The van der Waals surface area contributed by atoms with E-state index in [1.54, 1.807) is 0 Å². The maximum Gasteiger partial charge on any atom is 0.136 e. The van der Waals surface area contributed by atoms with Crippen molar-refractivity contribution in [3.63, 3.8) is 0 Å². The van der Waals surface area contributed by atoms with Gasteiger partial charge < -0.3 is 4.42 Å². The molecule has 9 aromatic carbocycles. The summed E-state index contributed by atoms with van der Waals surface area (Å²) < 4.78 is 6.63. The van der Waals surface area contributed by atoms with E-state index in [9.17, 15) is 0 Å². The van der Waals surface area contributed by atoms with Crippen molar-refractivity contribution >= 4 is 54.3 Å². The third-order valence-electron chi connectivity index (χ3n) is 9.79. The first-order chi connectivity index (χ1) is 23.3. The monoisotopic (exact) mass is 596 g/mol. The summed E-state index contributed by atoms with van der Waals surface area (Å²) in [5.74, 6) is 0. The molecule has 1 aromatic heterocycles. The van der Waals surface area contributed by atoms with Crippen molar-refractivity contribution in [2.24, 2.45) is 0 Å². The highest BCUT2D eigenvalue weighted by Gasteiger charge is 2.22. The molecule has 1 heterocycles. The van der Waals surface area contributed by atoms with E-state index in [4.69, 9.17) is 4.42 Å². The van der Waals surface area contributed by atoms with Crippen molar-refractivity contribution in [3.8, 4) is 44.5 Å². The Hall–Kier alpha value is -6.18. The van der Waals surface area contributed by atoms with Crippen LogP contribution in [0, 0.1) is 0 Å². The van der Waals surface area contributed by atoms with Crippen LogP contribution in [0.2, 0.25) is 0 Å². The van der Waals surface area contributed by atoms with Crippen LogP contribution in [0.4, 0.5) is 0 Å². The van der Waals surface area contributed by atoms with Crippen molar-refractivity contribution in [3.05, 3.63) is 170 Å². The second-order valence-corrected chi connectivity index (χ2v) is 12.4. The van der Waals surface area contributed by atoms with Gasteiger partial charge in [-0.3, -0.25) is 0 Å². The fraction of sp³-hybridized carbons (Fsp3) is 0. The fourth-order valence-electron chi connectivity index (χ4n) is 7.77. The zero-order valence-electron chi connectivity index (χ0n) is 25.6. The summed E-state index contributed by atoms with van der Waals surface area (Å²) in [6.07, 6.45) is 0. The third kappa shape index (κ3) is 3.97. The van der Waals surface area contributed by atoms with E-state index in [-0.39, 0.29) is 0 Å². The van der Waals surface area contributed by atoms with E-state index in [1.807, 2.05) is 0 Å². The number of hydrogen-bond acceptors (Lipinski definition) is 1. The van der Waals surface area contributed by atoms with Crippen molar-refractivity contribution in [2.75, 3.05) is 0 Å². The number of hydrogen-bond donors (Lipinski definition) is 0. The highest BCUT2D eigenvalue weighted by Crippen LogP contribution is 2.49. The molecule has 0 saturated heterocycles. The first-order valence-corrected chi connectivity index (χ1v) is 16.2. The highest BCUT2D eigenvalue weighted by atomic mass is 16.3. The Morgan fingerprint density at radius 1 is 0.298 bits per heavy atom. The number of fused-ring (bicyclic) bond motifs is 2. The SMILES string of the molecule is c1ccc(-c2cccc(-c3cc4cc(-c5c6ccccc6c(-c6ccccc6)c6ccccc56)c5cccc6oc(c3)c4c65)c2)cc1. The van der Waals surface area contributed by atoms with Crippen molar-refractivity contribution in [1.29, 1.82) is 0 Å². The molecule has 47 heavy (non-hydrogen) atoms. The van der Waals surface area contributed by atoms with Crippen LogP contribution >= 0.6 is 0 Å². The van der Waals surface area contributed by atoms with E-state index >= 15 is 0 Å². The van der Waals surface area contributed by atoms with Crippen LogP contribution < -0.4 is 0 Å². The number of rotatable bonds is 4. The molecule has 0 atom stereocenters. The topological polar surface area (TPSA) is 13.1 Å². The van der Waals surface area contributed by atoms with E-state index in [0.717, 1.165) is 16.7 Å². The molecule has 0 bridgehead atoms. The Morgan fingerprint density at radius 2 is 0.830 bits per heavy atom. The lowest BCUT2D eigenvalue weighted by Crippen LogP contribution is -1.92. The maximum atomic E-state index is 6.63. The van der Waals surface area contributed by atoms with Gasteiger partial charge in [0, 0.05) is 10.8 Å². The van der Waals surface area contributed by atoms with E-state index in [0.29, 0.717) is 0 Å². The van der Waals surface area contributed by atoms with Crippen molar-refractivity contribution in [1.82, 2.24) is 0 Å². The molecular formula is C46H28O. The normalized spacial score (nSPS) is 11.8. The predicted molar refractivity (Wildman–Crippen MR) is 199 cm³/mol. The van der Waals surface area contributed by atoms with Crippen LogP contribution in [-0.4, -0.2) is 0 Å². The average Bonchev–Trinajstić information content (AvgIpc) is 3.53. The van der Waals surface area contributed by atoms with Gasteiger partial charge in [-0.15, -0.1) is 0 Å². The summed E-state index contributed by atoms with van der Waals surface area (Å²) in [5, 5.41) is 9.82. The van der Waals surface area contributed by atoms with Gasteiger partial charge in [0.15, 0.2) is 0 Å². The molecule has 1 heteroatoms. The molecule has 0 fully saturated rings. The van der Waals surface area contributed by atoms with Gasteiger partial charge >= 0.3 is 0 Å². The lowest BCUT2D eigenvalue weighted by atomic mass is 9.83. The van der Waals surface area contributed by atoms with Crippen molar-refractivity contribution in [2.45, 2.75) is 0 Å². The summed E-state index contributed by atoms with van der Waals surface area (Å²) in [7, 11) is 0. The highest BCUT2D eigenvalue weighted by molar-refractivity contribution is 6.30. The molecule has 0 amide bonds. The molecule has 218 valence electrons. The Labute approximate surface area is 272 Å². The summed E-state index contributed by atoms with van der Waals surface area (Å²) in [6.45, 7) is 0. The standard InChI is InChI=1S/C46H28O/c1-3-13-29(14-4-1)31-17-11-18-32(25-31)33-26-34-27-40(39-23-12-24-41-46(39)44(34)42(28-33)47-41)45-37-21-9-7-19-35(37)43(30-15-5-2-6-16-30)36-20-8-10-22-38(36)45/h1-28H. The van der Waals surface area contributed by atoms with Gasteiger partial charge in [-0.25, -0.2) is 0 Å². The molecular weight excluding hydrogens is 569 g/mol. The number of furan rings is 1. The van der Waals surface area contributed by atoms with Crippen LogP contribution in [-0.2, 0) is 0 Å². The maximum absolute atomic E-state index is 6.63. The minimum atomic E-state index is 0.925. The Morgan fingerprint density at radius 3 is 1.51 bits per heavy atom. The fourth-order valence-corrected chi connectivity index (χ4v) is 7.77. The molecule has 0 N–H and O–H groups in total. The molecule has 0 spiro atoms. The van der Waals surface area contributed by atoms with Gasteiger partial charge in [0.2, 0.25) is 0 Å². The Bertz CT molecular complexity index is 2710. The molecule has 0 saturated carbocycles. The van der Waals surface area contributed by atoms with Crippen LogP contribution in [0.3, 0.4) is 0 Å². The molecule has 0 unspecified atom stereocenters. The van der Waals surface area contributed by atoms with Crippen LogP contribution in [0.25, 0.3) is 98.8 Å². The zero-order chi connectivity index (χ0) is 30.9. The van der Waals surface area contributed by atoms with Crippen molar-refractivity contribution < 1.29 is 4.42 Å². The second kappa shape index (κ2) is 10.2. The zero-order valence-corrected chi connectivity index (χ0v) is 25.6. The third-order valence-corrected chi connectivity index (χ3v) is 9.79. The summed E-state index contributed by atoms with van der Waals surface area (Å²) in [6, 6.07) is 61.4. The second-order valence-electron chi connectivity index (χ2n) is 12.4. The van der Waals surface area contributed by atoms with Gasteiger partial charge in [0.25, 0.3) is 0 Å². The van der Waals surface area contributed by atoms with Gasteiger partial charge in [0.1, 0.15) is 11.2 Å². The molecule has 0 radical (unpaired) electrons. The van der Waals surface area contributed by atoms with Crippen LogP contribution in [0.15, 0.2) is 174 Å². The quantitative estimate of drug-likeness (QED) is 0.145. The molecule has 0 aliphatic heterocycles. The van der Waals surface area contributed by atoms with Crippen LogP contribution in [0.5, 0.6) is 0 Å². The lowest BCUT2D eigenvalue weighted by molar-refractivity contribution is 0.669. The Balaban J connectivity index is 1.29. The van der Waals surface area contributed by atoms with Gasteiger partial charge in [-0.2, -0.15) is 0 Å². The van der Waals surface area contributed by atoms with E-state index < -0.39 is 0 Å². The predicted octanol–water partition coefficient (Wildman–Crippen LogP) is 13.2. The lowest BCUT2D eigenvalue weighted by Gasteiger charge is -2.19. The van der Waals surface area contributed by atoms with Crippen LogP contribution in [0.1, 0.15) is 0 Å². The van der Waals surface area contributed by atoms with E-state index in [2.05, 4.69) is 170 Å². The summed E-state index contributed by atoms with van der Waals surface area (Å²) >= 11 is 0. The minimum Gasteiger partial charge on any atom is -0.456 e. The summed E-state index contributed by atoms with van der Waals surface area (Å²) in [5.41, 5.74) is 11.6. The first kappa shape index (κ1) is 26.1. The van der Waals surface area contributed by atoms with Gasteiger partial charge in [0.05, 0.1) is 0 Å².